The Morgan fingerprint density at radius 1 is 1.08 bits per heavy atom. The number of esters is 1. The van der Waals surface area contributed by atoms with E-state index >= 15 is 0 Å². The molecule has 0 aliphatic carbocycles. The lowest BCUT2D eigenvalue weighted by molar-refractivity contribution is -1.00. The van der Waals surface area contributed by atoms with E-state index in [9.17, 15) is 9.59 Å². The highest BCUT2D eigenvalue weighted by molar-refractivity contribution is 9.10. The molecule has 0 saturated carbocycles. The quantitative estimate of drug-likeness (QED) is 0.544. The summed E-state index contributed by atoms with van der Waals surface area (Å²) in [5.74, 6) is -0.119. The highest BCUT2D eigenvalue weighted by Gasteiger charge is 2.26. The van der Waals surface area contributed by atoms with E-state index in [4.69, 9.17) is 4.74 Å². The highest BCUT2D eigenvalue weighted by Crippen LogP contribution is 2.13. The van der Waals surface area contributed by atoms with Crippen LogP contribution in [0.2, 0.25) is 0 Å². The topological polar surface area (TPSA) is 64.3 Å². The fraction of sp³-hybridized carbons (Fsp3) is 0.529. The lowest BCUT2D eigenvalue weighted by atomic mass is 10.3. The molecule has 6 nitrogen and oxygen atoms in total. The van der Waals surface area contributed by atoms with Crippen LogP contribution in [-0.2, 0) is 14.3 Å². The summed E-state index contributed by atoms with van der Waals surface area (Å²) in [5.41, 5.74) is 0.809. The van der Waals surface area contributed by atoms with Crippen molar-refractivity contribution in [3.05, 3.63) is 28.7 Å². The van der Waals surface area contributed by atoms with Gasteiger partial charge >= 0.3 is 5.97 Å². The Balaban J connectivity index is 1.69. The van der Waals surface area contributed by atoms with Gasteiger partial charge in [-0.25, -0.2) is 4.79 Å². The number of rotatable bonds is 6. The van der Waals surface area contributed by atoms with E-state index in [1.165, 1.54) is 9.80 Å². The molecule has 2 rings (SSSR count). The number of hydrogen-bond acceptors (Lipinski definition) is 3. The molecule has 1 aromatic carbocycles. The Morgan fingerprint density at radius 2 is 1.62 bits per heavy atom. The van der Waals surface area contributed by atoms with E-state index in [1.807, 2.05) is 38.1 Å². The molecule has 24 heavy (non-hydrogen) atoms. The van der Waals surface area contributed by atoms with Gasteiger partial charge in [0.05, 0.1) is 6.10 Å². The third-order valence-corrected chi connectivity index (χ3v) is 4.49. The lowest BCUT2D eigenvalue weighted by Gasteiger charge is -2.28. The van der Waals surface area contributed by atoms with Crippen molar-refractivity contribution in [2.45, 2.75) is 20.0 Å². The SMILES string of the molecule is CC(C)OC(=O)C[NH+]1CC[NH+](CC(=O)Nc2ccc(Br)cc2)CC1. The molecule has 1 heterocycles. The minimum atomic E-state index is -0.142. The van der Waals surface area contributed by atoms with Crippen LogP contribution in [0, 0.1) is 0 Å². The largest absolute Gasteiger partial charge is 0.459 e. The molecule has 0 atom stereocenters. The van der Waals surface area contributed by atoms with Crippen LogP contribution in [0.15, 0.2) is 28.7 Å². The van der Waals surface area contributed by atoms with Crippen molar-refractivity contribution < 1.29 is 24.1 Å². The molecule has 1 fully saturated rings. The predicted octanol–water partition coefficient (Wildman–Crippen LogP) is -0.877. The Hall–Kier alpha value is -1.44. The maximum absolute atomic E-state index is 12.1. The van der Waals surface area contributed by atoms with Gasteiger partial charge in [0, 0.05) is 10.2 Å². The Kier molecular flexibility index (Phi) is 7.20. The molecule has 0 bridgehead atoms. The van der Waals surface area contributed by atoms with Crippen LogP contribution in [0.4, 0.5) is 5.69 Å². The summed E-state index contributed by atoms with van der Waals surface area (Å²) >= 11 is 3.37. The van der Waals surface area contributed by atoms with Crippen molar-refractivity contribution in [1.29, 1.82) is 0 Å². The number of quaternary nitrogens is 2. The average Bonchev–Trinajstić information content (AvgIpc) is 2.51. The fourth-order valence-corrected chi connectivity index (χ4v) is 3.05. The Morgan fingerprint density at radius 3 is 2.17 bits per heavy atom. The van der Waals surface area contributed by atoms with E-state index in [2.05, 4.69) is 21.2 Å². The van der Waals surface area contributed by atoms with Crippen LogP contribution >= 0.6 is 15.9 Å². The summed E-state index contributed by atoms with van der Waals surface area (Å²) < 4.78 is 6.17. The zero-order valence-corrected chi connectivity index (χ0v) is 15.8. The monoisotopic (exact) mass is 399 g/mol. The van der Waals surface area contributed by atoms with E-state index < -0.39 is 0 Å². The number of anilines is 1. The third-order valence-electron chi connectivity index (χ3n) is 3.96. The van der Waals surface area contributed by atoms with E-state index in [0.29, 0.717) is 13.1 Å². The molecule has 132 valence electrons. The van der Waals surface area contributed by atoms with Gasteiger partial charge in [-0.2, -0.15) is 0 Å². The van der Waals surface area contributed by atoms with Gasteiger partial charge in [-0.05, 0) is 38.1 Å². The van der Waals surface area contributed by atoms with Gasteiger partial charge in [0.1, 0.15) is 26.2 Å². The van der Waals surface area contributed by atoms with Gasteiger partial charge in [0.2, 0.25) is 0 Å². The van der Waals surface area contributed by atoms with E-state index in [-0.39, 0.29) is 18.0 Å². The van der Waals surface area contributed by atoms with E-state index in [0.717, 1.165) is 36.3 Å². The summed E-state index contributed by atoms with van der Waals surface area (Å²) in [4.78, 5) is 26.3. The summed E-state index contributed by atoms with van der Waals surface area (Å²) in [6, 6.07) is 7.56. The first-order chi connectivity index (χ1) is 11.4. The van der Waals surface area contributed by atoms with Gasteiger partial charge in [-0.15, -0.1) is 0 Å². The number of ether oxygens (including phenoxy) is 1. The van der Waals surface area contributed by atoms with Crippen molar-refractivity contribution in [1.82, 2.24) is 0 Å². The second kappa shape index (κ2) is 9.15. The summed E-state index contributed by atoms with van der Waals surface area (Å²) in [6.45, 7) is 8.13. The van der Waals surface area contributed by atoms with Gasteiger partial charge in [-0.3, -0.25) is 4.79 Å². The molecular weight excluding hydrogens is 374 g/mol. The van der Waals surface area contributed by atoms with Crippen LogP contribution in [0.25, 0.3) is 0 Å². The molecule has 1 aliphatic heterocycles. The van der Waals surface area contributed by atoms with Crippen LogP contribution in [0.1, 0.15) is 13.8 Å². The highest BCUT2D eigenvalue weighted by atomic mass is 79.9. The van der Waals surface area contributed by atoms with Crippen molar-refractivity contribution in [2.75, 3.05) is 44.6 Å². The zero-order chi connectivity index (χ0) is 17.5. The maximum Gasteiger partial charge on any atom is 0.361 e. The average molecular weight is 400 g/mol. The minimum absolute atomic E-state index is 0.0231. The molecule has 7 heteroatoms. The first kappa shape index (κ1) is 18.9. The number of carbonyl (C=O) groups excluding carboxylic acids is 2. The summed E-state index contributed by atoms with van der Waals surface area (Å²) in [6.07, 6.45) is -0.0638. The number of halogens is 1. The maximum atomic E-state index is 12.1. The zero-order valence-electron chi connectivity index (χ0n) is 14.2. The first-order valence-electron chi connectivity index (χ1n) is 8.34. The Labute approximate surface area is 151 Å². The van der Waals surface area contributed by atoms with Crippen molar-refractivity contribution in [2.24, 2.45) is 0 Å². The fourth-order valence-electron chi connectivity index (χ4n) is 2.78. The normalized spacial score (nSPS) is 20.7. The molecule has 3 N–H and O–H groups in total. The molecule has 1 aliphatic rings. The van der Waals surface area contributed by atoms with Crippen LogP contribution in [0.3, 0.4) is 0 Å². The number of hydrogen-bond donors (Lipinski definition) is 3. The minimum Gasteiger partial charge on any atom is -0.459 e. The van der Waals surface area contributed by atoms with Gasteiger partial charge in [0.15, 0.2) is 13.1 Å². The van der Waals surface area contributed by atoms with Crippen LogP contribution < -0.4 is 15.1 Å². The molecule has 0 spiro atoms. The standard InChI is InChI=1S/C17H24BrN3O3/c1-13(2)24-17(23)12-21-9-7-20(8-10-21)11-16(22)19-15-5-3-14(18)4-6-15/h3-6,13H,7-12H2,1-2H3,(H,19,22)/p+2. The molecule has 0 unspecified atom stereocenters. The second-order valence-electron chi connectivity index (χ2n) is 6.45. The molecule has 1 amide bonds. The smallest absolute Gasteiger partial charge is 0.361 e. The second-order valence-corrected chi connectivity index (χ2v) is 7.36. The predicted molar refractivity (Wildman–Crippen MR) is 95.1 cm³/mol. The number of benzene rings is 1. The van der Waals surface area contributed by atoms with Crippen molar-refractivity contribution in [3.8, 4) is 0 Å². The van der Waals surface area contributed by atoms with Gasteiger partial charge < -0.3 is 19.9 Å². The van der Waals surface area contributed by atoms with Crippen molar-refractivity contribution >= 4 is 33.5 Å². The van der Waals surface area contributed by atoms with Gasteiger partial charge in [-0.1, -0.05) is 15.9 Å². The first-order valence-corrected chi connectivity index (χ1v) is 9.13. The third kappa shape index (κ3) is 6.59. The molecule has 1 saturated heterocycles. The summed E-state index contributed by atoms with van der Waals surface area (Å²) in [7, 11) is 0. The number of carbonyl (C=O) groups is 2. The van der Waals surface area contributed by atoms with Crippen LogP contribution in [-0.4, -0.2) is 57.2 Å². The van der Waals surface area contributed by atoms with Gasteiger partial charge in [0.25, 0.3) is 5.91 Å². The van der Waals surface area contributed by atoms with E-state index in [1.54, 1.807) is 0 Å². The van der Waals surface area contributed by atoms with Crippen LogP contribution in [0.5, 0.6) is 0 Å². The molecule has 0 radical (unpaired) electrons. The molecular formula is C17H26BrN3O3+2. The lowest BCUT2D eigenvalue weighted by Crippen LogP contribution is -3.28. The summed E-state index contributed by atoms with van der Waals surface area (Å²) in [5, 5.41) is 2.92. The number of amides is 1. The number of piperazine rings is 1. The molecule has 1 aromatic rings. The number of nitrogens with one attached hydrogen (secondary N) is 3. The molecule has 0 aromatic heterocycles. The van der Waals surface area contributed by atoms with Crippen molar-refractivity contribution in [3.63, 3.8) is 0 Å². The Bertz CT molecular complexity index is 555.